The minimum Gasteiger partial charge on any atom is -0.493 e. The lowest BCUT2D eigenvalue weighted by Crippen LogP contribution is -2.50. The predicted octanol–water partition coefficient (Wildman–Crippen LogP) is 3.18. The lowest BCUT2D eigenvalue weighted by Gasteiger charge is -2.38. The number of nitrogens with zero attached hydrogens (tertiary/aromatic N) is 2. The highest BCUT2D eigenvalue weighted by Crippen LogP contribution is 2.65. The van der Waals surface area contributed by atoms with Crippen LogP contribution in [0.15, 0.2) is 24.3 Å². The standard InChI is InChI=1S/C20H22N2O5/c1-11-9-20(19(2,3)13(11)10-21)12-7-8-14(25-4)16(26-5)15(12)22(17(20)23)18(24)27-6/h7-8,13H,1,9H2,2-6H3/t13-,20+/m1/s1. The summed E-state index contributed by atoms with van der Waals surface area (Å²) in [5.74, 6) is -0.311. The summed E-state index contributed by atoms with van der Waals surface area (Å²) in [6.07, 6.45) is -0.543. The minimum absolute atomic E-state index is 0.271. The Bertz CT molecular complexity index is 898. The lowest BCUT2D eigenvalue weighted by atomic mass is 9.62. The van der Waals surface area contributed by atoms with Gasteiger partial charge in [-0.05, 0) is 18.1 Å². The van der Waals surface area contributed by atoms with Gasteiger partial charge in [0.25, 0.3) is 0 Å². The number of imide groups is 1. The van der Waals surface area contributed by atoms with Gasteiger partial charge in [0.1, 0.15) is 5.69 Å². The summed E-state index contributed by atoms with van der Waals surface area (Å²) >= 11 is 0. The van der Waals surface area contributed by atoms with Crippen LogP contribution in [0, 0.1) is 22.7 Å². The monoisotopic (exact) mass is 370 g/mol. The second-order valence-electron chi connectivity index (χ2n) is 7.33. The molecule has 1 aliphatic carbocycles. The Balaban J connectivity index is 2.40. The van der Waals surface area contributed by atoms with Crippen LogP contribution in [0.1, 0.15) is 25.8 Å². The first-order valence-corrected chi connectivity index (χ1v) is 8.48. The van der Waals surface area contributed by atoms with Gasteiger partial charge in [-0.25, -0.2) is 9.69 Å². The first kappa shape index (κ1) is 18.8. The molecule has 0 radical (unpaired) electrons. The molecule has 1 spiro atoms. The van der Waals surface area contributed by atoms with Crippen molar-refractivity contribution >= 4 is 17.7 Å². The van der Waals surface area contributed by atoms with E-state index in [1.807, 2.05) is 13.8 Å². The Morgan fingerprint density at radius 2 is 1.96 bits per heavy atom. The molecule has 2 amide bonds. The number of hydrogen-bond donors (Lipinski definition) is 0. The van der Waals surface area contributed by atoms with Crippen molar-refractivity contribution in [3.05, 3.63) is 29.8 Å². The number of carbonyl (C=O) groups excluding carboxylic acids is 2. The molecule has 7 heteroatoms. The van der Waals surface area contributed by atoms with Crippen molar-refractivity contribution < 1.29 is 23.8 Å². The van der Waals surface area contributed by atoms with Crippen molar-refractivity contribution in [2.45, 2.75) is 25.7 Å². The van der Waals surface area contributed by atoms with Gasteiger partial charge in [-0.3, -0.25) is 4.79 Å². The molecular weight excluding hydrogens is 348 g/mol. The third kappa shape index (κ3) is 2.07. The van der Waals surface area contributed by atoms with Crippen LogP contribution < -0.4 is 14.4 Å². The van der Waals surface area contributed by atoms with E-state index in [0.717, 1.165) is 4.90 Å². The van der Waals surface area contributed by atoms with Crippen LogP contribution >= 0.6 is 0 Å². The zero-order valence-corrected chi connectivity index (χ0v) is 16.1. The molecule has 1 saturated carbocycles. The number of nitriles is 1. The van der Waals surface area contributed by atoms with Gasteiger partial charge in [0.05, 0.1) is 38.7 Å². The molecule has 1 aliphatic heterocycles. The maximum Gasteiger partial charge on any atom is 0.421 e. The SMILES string of the molecule is C=C1C[C@]2(C(=O)N(C(=O)OC)c3c2ccc(OC)c3OC)C(C)(C)[C@@H]1C#N. The molecule has 27 heavy (non-hydrogen) atoms. The van der Waals surface area contributed by atoms with Gasteiger partial charge in [-0.2, -0.15) is 5.26 Å². The summed E-state index contributed by atoms with van der Waals surface area (Å²) in [5, 5.41) is 9.68. The van der Waals surface area contributed by atoms with E-state index in [-0.39, 0.29) is 12.2 Å². The first-order chi connectivity index (χ1) is 12.7. The Morgan fingerprint density at radius 3 is 2.44 bits per heavy atom. The number of hydrogen-bond acceptors (Lipinski definition) is 6. The Morgan fingerprint density at radius 1 is 1.30 bits per heavy atom. The molecule has 3 rings (SSSR count). The van der Waals surface area contributed by atoms with E-state index < -0.39 is 28.7 Å². The molecule has 1 fully saturated rings. The molecule has 1 aromatic carbocycles. The van der Waals surface area contributed by atoms with Gasteiger partial charge in [0.2, 0.25) is 5.91 Å². The number of amides is 2. The van der Waals surface area contributed by atoms with Gasteiger partial charge < -0.3 is 14.2 Å². The van der Waals surface area contributed by atoms with Crippen molar-refractivity contribution in [1.82, 2.24) is 0 Å². The van der Waals surface area contributed by atoms with Gasteiger partial charge in [-0.15, -0.1) is 0 Å². The maximum absolute atomic E-state index is 13.7. The Kier molecular flexibility index (Phi) is 4.18. The highest BCUT2D eigenvalue weighted by Gasteiger charge is 2.68. The Labute approximate surface area is 158 Å². The smallest absolute Gasteiger partial charge is 0.421 e. The molecular formula is C20H22N2O5. The molecule has 142 valence electrons. The normalized spacial score (nSPS) is 25.3. The second-order valence-corrected chi connectivity index (χ2v) is 7.33. The molecule has 0 bridgehead atoms. The molecule has 2 atom stereocenters. The fourth-order valence-corrected chi connectivity index (χ4v) is 4.62. The van der Waals surface area contributed by atoms with E-state index in [0.29, 0.717) is 22.6 Å². The number of methoxy groups -OCH3 is 3. The molecule has 0 aromatic heterocycles. The van der Waals surface area contributed by atoms with Crippen molar-refractivity contribution in [1.29, 1.82) is 5.26 Å². The van der Waals surface area contributed by atoms with E-state index >= 15 is 0 Å². The van der Waals surface area contributed by atoms with Crippen LogP contribution in [0.25, 0.3) is 0 Å². The number of anilines is 1. The molecule has 0 saturated heterocycles. The van der Waals surface area contributed by atoms with Crippen molar-refractivity contribution in [2.75, 3.05) is 26.2 Å². The number of allylic oxidation sites excluding steroid dienone is 1. The van der Waals surface area contributed by atoms with E-state index in [1.165, 1.54) is 21.3 Å². The van der Waals surface area contributed by atoms with E-state index in [1.54, 1.807) is 12.1 Å². The summed E-state index contributed by atoms with van der Waals surface area (Å²) in [7, 11) is 4.13. The van der Waals surface area contributed by atoms with Crippen LogP contribution in [0.2, 0.25) is 0 Å². The van der Waals surface area contributed by atoms with Crippen molar-refractivity contribution in [3.8, 4) is 17.6 Å². The van der Waals surface area contributed by atoms with E-state index in [2.05, 4.69) is 12.6 Å². The third-order valence-corrected chi connectivity index (χ3v) is 5.98. The van der Waals surface area contributed by atoms with Crippen LogP contribution in [0.5, 0.6) is 11.5 Å². The molecule has 1 aromatic rings. The Hall–Kier alpha value is -3.01. The summed E-state index contributed by atoms with van der Waals surface area (Å²) in [4.78, 5) is 27.2. The fraction of sp³-hybridized carbons (Fsp3) is 0.450. The highest BCUT2D eigenvalue weighted by atomic mass is 16.5. The first-order valence-electron chi connectivity index (χ1n) is 8.48. The van der Waals surface area contributed by atoms with Gasteiger partial charge in [0.15, 0.2) is 11.5 Å². The van der Waals surface area contributed by atoms with Crippen LogP contribution in [-0.4, -0.2) is 33.3 Å². The summed E-state index contributed by atoms with van der Waals surface area (Å²) < 4.78 is 15.7. The van der Waals surface area contributed by atoms with Gasteiger partial charge in [0, 0.05) is 5.41 Å². The van der Waals surface area contributed by atoms with Crippen LogP contribution in [0.3, 0.4) is 0 Å². The highest BCUT2D eigenvalue weighted by molar-refractivity contribution is 6.23. The topological polar surface area (TPSA) is 88.9 Å². The van der Waals surface area contributed by atoms with Crippen molar-refractivity contribution in [3.63, 3.8) is 0 Å². The molecule has 0 N–H and O–H groups in total. The number of fused-ring (bicyclic) bond motifs is 2. The molecule has 1 heterocycles. The third-order valence-electron chi connectivity index (χ3n) is 5.98. The predicted molar refractivity (Wildman–Crippen MR) is 97.8 cm³/mol. The molecule has 0 unspecified atom stereocenters. The minimum atomic E-state index is -1.12. The number of benzene rings is 1. The van der Waals surface area contributed by atoms with Crippen LogP contribution in [0.4, 0.5) is 10.5 Å². The average Bonchev–Trinajstić information content (AvgIpc) is 3.01. The van der Waals surface area contributed by atoms with Crippen molar-refractivity contribution in [2.24, 2.45) is 11.3 Å². The largest absolute Gasteiger partial charge is 0.493 e. The van der Waals surface area contributed by atoms with Gasteiger partial charge in [-0.1, -0.05) is 32.1 Å². The number of carbonyl (C=O) groups is 2. The fourth-order valence-electron chi connectivity index (χ4n) is 4.62. The van der Waals surface area contributed by atoms with Gasteiger partial charge >= 0.3 is 6.09 Å². The number of ether oxygens (including phenoxy) is 3. The second kappa shape index (κ2) is 6.02. The quantitative estimate of drug-likeness (QED) is 0.743. The molecule has 2 aliphatic rings. The number of rotatable bonds is 2. The van der Waals surface area contributed by atoms with E-state index in [9.17, 15) is 14.9 Å². The molecule has 7 nitrogen and oxygen atoms in total. The maximum atomic E-state index is 13.7. The lowest BCUT2D eigenvalue weighted by molar-refractivity contribution is -0.126. The zero-order chi connectivity index (χ0) is 20.1. The summed E-state index contributed by atoms with van der Waals surface area (Å²) in [6.45, 7) is 7.75. The zero-order valence-electron chi connectivity index (χ0n) is 16.1. The summed E-state index contributed by atoms with van der Waals surface area (Å²) in [6, 6.07) is 5.73. The van der Waals surface area contributed by atoms with Crippen LogP contribution in [-0.2, 0) is 14.9 Å². The summed E-state index contributed by atoms with van der Waals surface area (Å²) in [5.41, 5.74) is -0.323. The average molecular weight is 370 g/mol. The van der Waals surface area contributed by atoms with E-state index in [4.69, 9.17) is 14.2 Å².